The highest BCUT2D eigenvalue weighted by molar-refractivity contribution is 14.0. The largest absolute Gasteiger partial charge is 0.444 e. The van der Waals surface area contributed by atoms with E-state index in [-0.39, 0.29) is 35.9 Å². The summed E-state index contributed by atoms with van der Waals surface area (Å²) in [5.41, 5.74) is 0.411. The molecule has 0 saturated heterocycles. The highest BCUT2D eigenvalue weighted by Gasteiger charge is 2.19. The minimum atomic E-state index is -0.510. The van der Waals surface area contributed by atoms with Gasteiger partial charge in [-0.2, -0.15) is 0 Å². The lowest BCUT2D eigenvalue weighted by molar-refractivity contribution is 0.0302. The van der Waals surface area contributed by atoms with E-state index in [4.69, 9.17) is 4.74 Å². The third-order valence-corrected chi connectivity index (χ3v) is 3.12. The van der Waals surface area contributed by atoms with E-state index in [0.29, 0.717) is 25.6 Å². The van der Waals surface area contributed by atoms with Crippen molar-refractivity contribution in [2.45, 2.75) is 39.8 Å². The number of aliphatic imine (C=N–C) groups is 1. The molecule has 0 unspecified atom stereocenters. The number of carbonyl (C=O) groups is 1. The summed E-state index contributed by atoms with van der Waals surface area (Å²) in [5.74, 6) is 0.382. The number of ether oxygens (including phenoxy) is 1. The van der Waals surface area contributed by atoms with E-state index in [9.17, 15) is 9.18 Å². The molecule has 0 fully saturated rings. The molecule has 26 heavy (non-hydrogen) atoms. The number of amides is 1. The number of nitrogens with zero attached hydrogens (tertiary/aromatic N) is 2. The van der Waals surface area contributed by atoms with E-state index in [1.165, 1.54) is 17.0 Å². The molecule has 8 heteroatoms. The highest BCUT2D eigenvalue weighted by Crippen LogP contribution is 2.08. The van der Waals surface area contributed by atoms with Crippen molar-refractivity contribution in [3.8, 4) is 0 Å². The van der Waals surface area contributed by atoms with Crippen LogP contribution in [-0.4, -0.2) is 49.2 Å². The van der Waals surface area contributed by atoms with Gasteiger partial charge < -0.3 is 20.3 Å². The maximum atomic E-state index is 12.9. The number of benzene rings is 1. The quantitative estimate of drug-likeness (QED) is 0.373. The van der Waals surface area contributed by atoms with Gasteiger partial charge in [-0.1, -0.05) is 12.1 Å². The molecular formula is C18H30FIN4O2. The number of hydrogen-bond acceptors (Lipinski definition) is 3. The molecule has 0 bridgehead atoms. The number of halogens is 2. The van der Waals surface area contributed by atoms with Crippen LogP contribution in [0.1, 0.15) is 33.3 Å². The molecule has 1 rings (SSSR count). The van der Waals surface area contributed by atoms with Crippen LogP contribution in [0.25, 0.3) is 0 Å². The van der Waals surface area contributed by atoms with Gasteiger partial charge in [-0.05, 0) is 45.4 Å². The zero-order chi connectivity index (χ0) is 18.9. The lowest BCUT2D eigenvalue weighted by Gasteiger charge is -2.24. The van der Waals surface area contributed by atoms with Gasteiger partial charge in [-0.25, -0.2) is 14.2 Å². The van der Waals surface area contributed by atoms with Crippen molar-refractivity contribution >= 4 is 36.0 Å². The smallest absolute Gasteiger partial charge is 0.410 e. The molecule has 1 aromatic carbocycles. The minimum Gasteiger partial charge on any atom is -0.444 e. The van der Waals surface area contributed by atoms with Crippen LogP contribution >= 0.6 is 24.0 Å². The molecular weight excluding hydrogens is 450 g/mol. The minimum absolute atomic E-state index is 0. The topological polar surface area (TPSA) is 66.0 Å². The second-order valence-electron chi connectivity index (χ2n) is 6.65. The first-order valence-corrected chi connectivity index (χ1v) is 8.42. The summed E-state index contributed by atoms with van der Waals surface area (Å²) in [6, 6.07) is 6.25. The summed E-state index contributed by atoms with van der Waals surface area (Å²) in [6.07, 6.45) is -0.359. The molecule has 0 aliphatic heterocycles. The summed E-state index contributed by atoms with van der Waals surface area (Å²) < 4.78 is 18.2. The predicted molar refractivity (Wildman–Crippen MR) is 113 cm³/mol. The Labute approximate surface area is 172 Å². The molecule has 0 aliphatic carbocycles. The Hall–Kier alpha value is -1.58. The second kappa shape index (κ2) is 11.9. The van der Waals surface area contributed by atoms with Crippen LogP contribution in [0.15, 0.2) is 29.3 Å². The van der Waals surface area contributed by atoms with Crippen molar-refractivity contribution in [1.29, 1.82) is 0 Å². The van der Waals surface area contributed by atoms with Crippen molar-refractivity contribution in [1.82, 2.24) is 15.5 Å². The van der Waals surface area contributed by atoms with E-state index in [1.807, 2.05) is 27.7 Å². The first-order chi connectivity index (χ1) is 11.7. The van der Waals surface area contributed by atoms with E-state index in [1.54, 1.807) is 19.2 Å². The van der Waals surface area contributed by atoms with Gasteiger partial charge in [0, 0.05) is 26.7 Å². The van der Waals surface area contributed by atoms with Crippen LogP contribution in [0, 0.1) is 5.82 Å². The fraction of sp³-hybridized carbons (Fsp3) is 0.556. The van der Waals surface area contributed by atoms with Gasteiger partial charge in [-0.3, -0.25) is 0 Å². The predicted octanol–water partition coefficient (Wildman–Crippen LogP) is 3.37. The Bertz CT molecular complexity index is 574. The number of nitrogens with one attached hydrogen (secondary N) is 2. The van der Waals surface area contributed by atoms with Gasteiger partial charge in [0.15, 0.2) is 5.96 Å². The Morgan fingerprint density at radius 1 is 1.23 bits per heavy atom. The molecule has 2 N–H and O–H groups in total. The molecule has 0 atom stereocenters. The molecule has 0 radical (unpaired) electrons. The van der Waals surface area contributed by atoms with Crippen molar-refractivity contribution in [3.05, 3.63) is 35.6 Å². The molecule has 0 spiro atoms. The number of rotatable bonds is 6. The summed E-state index contributed by atoms with van der Waals surface area (Å²) in [6.45, 7) is 9.66. The molecule has 148 valence electrons. The van der Waals surface area contributed by atoms with Crippen molar-refractivity contribution < 1.29 is 13.9 Å². The van der Waals surface area contributed by atoms with Crippen LogP contribution in [0.4, 0.5) is 9.18 Å². The van der Waals surface area contributed by atoms with E-state index < -0.39 is 5.60 Å². The van der Waals surface area contributed by atoms with Gasteiger partial charge in [0.1, 0.15) is 11.4 Å². The summed E-state index contributed by atoms with van der Waals surface area (Å²) in [5, 5.41) is 6.30. The Balaban J connectivity index is 0.00000625. The van der Waals surface area contributed by atoms with Gasteiger partial charge in [0.2, 0.25) is 0 Å². The first kappa shape index (κ1) is 24.4. The summed E-state index contributed by atoms with van der Waals surface area (Å²) in [4.78, 5) is 17.9. The fourth-order valence-corrected chi connectivity index (χ4v) is 1.88. The summed E-state index contributed by atoms with van der Waals surface area (Å²) >= 11 is 0. The molecule has 1 aromatic rings. The van der Waals surface area contributed by atoms with Crippen molar-refractivity contribution in [2.24, 2.45) is 4.99 Å². The van der Waals surface area contributed by atoms with Gasteiger partial charge >= 0.3 is 6.09 Å². The average Bonchev–Trinajstić information content (AvgIpc) is 2.52. The number of guanidine groups is 1. The number of carbonyl (C=O) groups excluding carboxylic acids is 1. The monoisotopic (exact) mass is 480 g/mol. The van der Waals surface area contributed by atoms with E-state index in [2.05, 4.69) is 15.6 Å². The highest BCUT2D eigenvalue weighted by atomic mass is 127. The maximum absolute atomic E-state index is 12.9. The normalized spacial score (nSPS) is 11.4. The molecule has 0 saturated carbocycles. The zero-order valence-corrected chi connectivity index (χ0v) is 18.5. The molecule has 1 amide bonds. The number of hydrogen-bond donors (Lipinski definition) is 2. The van der Waals surface area contributed by atoms with Crippen molar-refractivity contribution in [2.75, 3.05) is 26.7 Å². The lowest BCUT2D eigenvalue weighted by Crippen LogP contribution is -2.43. The van der Waals surface area contributed by atoms with Crippen LogP contribution < -0.4 is 10.6 Å². The second-order valence-corrected chi connectivity index (χ2v) is 6.65. The third-order valence-electron chi connectivity index (χ3n) is 3.12. The van der Waals surface area contributed by atoms with Gasteiger partial charge in [-0.15, -0.1) is 24.0 Å². The molecule has 0 heterocycles. The fourth-order valence-electron chi connectivity index (χ4n) is 1.88. The molecule has 0 aliphatic rings. The SMILES string of the molecule is CCNC(=NCc1ccc(F)cc1)NCCN(C)C(=O)OC(C)(C)C.I. The Morgan fingerprint density at radius 2 is 1.85 bits per heavy atom. The zero-order valence-electron chi connectivity index (χ0n) is 16.1. The van der Waals surface area contributed by atoms with E-state index in [0.717, 1.165) is 12.1 Å². The van der Waals surface area contributed by atoms with E-state index >= 15 is 0 Å². The first-order valence-electron chi connectivity index (χ1n) is 8.42. The van der Waals surface area contributed by atoms with Crippen LogP contribution in [0.5, 0.6) is 0 Å². The lowest BCUT2D eigenvalue weighted by atomic mass is 10.2. The number of likely N-dealkylation sites (N-methyl/N-ethyl adjacent to an activating group) is 1. The van der Waals surface area contributed by atoms with Crippen LogP contribution in [0.3, 0.4) is 0 Å². The van der Waals surface area contributed by atoms with Crippen LogP contribution in [-0.2, 0) is 11.3 Å². The average molecular weight is 480 g/mol. The Morgan fingerprint density at radius 3 is 2.38 bits per heavy atom. The third kappa shape index (κ3) is 10.4. The molecule has 6 nitrogen and oxygen atoms in total. The van der Waals surface area contributed by atoms with Crippen LogP contribution in [0.2, 0.25) is 0 Å². The standard InChI is InChI=1S/C18H29FN4O2.HI/c1-6-20-16(22-13-14-7-9-15(19)10-8-14)21-11-12-23(5)17(24)25-18(2,3)4;/h7-10H,6,11-13H2,1-5H3,(H2,20,21,22);1H. The summed E-state index contributed by atoms with van der Waals surface area (Å²) in [7, 11) is 1.69. The van der Waals surface area contributed by atoms with Crippen molar-refractivity contribution in [3.63, 3.8) is 0 Å². The Kier molecular flexibility index (Phi) is 11.2. The maximum Gasteiger partial charge on any atom is 0.410 e. The van der Waals surface area contributed by atoms with Gasteiger partial charge in [0.05, 0.1) is 6.54 Å². The molecule has 0 aromatic heterocycles. The van der Waals surface area contributed by atoms with Gasteiger partial charge in [0.25, 0.3) is 0 Å².